The van der Waals surface area contributed by atoms with Crippen molar-refractivity contribution in [3.05, 3.63) is 65.5 Å². The monoisotopic (exact) mass is 342 g/mol. The lowest BCUT2D eigenvalue weighted by molar-refractivity contribution is 0.0756. The second-order valence-corrected chi connectivity index (χ2v) is 7.02. The van der Waals surface area contributed by atoms with Crippen LogP contribution >= 0.6 is 0 Å². The number of rotatable bonds is 2. The van der Waals surface area contributed by atoms with Crippen molar-refractivity contribution >= 4 is 11.5 Å². The molecule has 2 aromatic carbocycles. The van der Waals surface area contributed by atoms with Crippen LogP contribution in [0.2, 0.25) is 0 Å². The van der Waals surface area contributed by atoms with Crippen molar-refractivity contribution in [2.24, 2.45) is 0 Å². The highest BCUT2D eigenvalue weighted by Gasteiger charge is 2.47. The first-order valence-corrected chi connectivity index (χ1v) is 8.62. The molecule has 2 aromatic rings. The normalized spacial score (nSPS) is 19.9. The van der Waals surface area contributed by atoms with Crippen LogP contribution in [0.15, 0.2) is 48.5 Å². The minimum Gasteiger partial charge on any atom is -0.299 e. The maximum absolute atomic E-state index is 15.1. The summed E-state index contributed by atoms with van der Waals surface area (Å²) in [5.41, 5.74) is 1.18. The largest absolute Gasteiger partial charge is 0.299 e. The summed E-state index contributed by atoms with van der Waals surface area (Å²) in [6.45, 7) is 2.15. The molecule has 0 unspecified atom stereocenters. The molecule has 5 heteroatoms. The molecule has 0 N–H and O–H groups in total. The van der Waals surface area contributed by atoms with Crippen LogP contribution < -0.4 is 5.12 Å². The van der Waals surface area contributed by atoms with Gasteiger partial charge in [-0.2, -0.15) is 0 Å². The quantitative estimate of drug-likeness (QED) is 0.767. The molecule has 3 nitrogen and oxygen atoms in total. The van der Waals surface area contributed by atoms with Crippen molar-refractivity contribution in [2.75, 3.05) is 18.2 Å². The molecule has 0 amide bonds. The predicted molar refractivity (Wildman–Crippen MR) is 92.6 cm³/mol. The average Bonchev–Trinajstić information content (AvgIpc) is 2.64. The van der Waals surface area contributed by atoms with Gasteiger partial charge in [-0.05, 0) is 42.7 Å². The van der Waals surface area contributed by atoms with Crippen molar-refractivity contribution in [2.45, 2.75) is 31.3 Å². The number of Topliss-reactive ketones (excluding diaryl/α,β-unsaturated/α-hetero) is 1. The van der Waals surface area contributed by atoms with Crippen molar-refractivity contribution < 1.29 is 13.7 Å². The SMILES string of the molecule is O=C1CC2(CCN(Cc3ccc(F)cc3)CC2)N(F)c2ccccc21. The number of hydrogen-bond acceptors (Lipinski definition) is 3. The molecule has 1 fully saturated rings. The van der Waals surface area contributed by atoms with Gasteiger partial charge in [0.1, 0.15) is 5.82 Å². The van der Waals surface area contributed by atoms with Crippen molar-refractivity contribution in [1.29, 1.82) is 0 Å². The molecule has 0 bridgehead atoms. The zero-order valence-corrected chi connectivity index (χ0v) is 13.9. The average molecular weight is 342 g/mol. The Morgan fingerprint density at radius 3 is 2.40 bits per heavy atom. The third-order valence-electron chi connectivity index (χ3n) is 5.43. The second kappa shape index (κ2) is 6.23. The van der Waals surface area contributed by atoms with Gasteiger partial charge in [-0.3, -0.25) is 9.69 Å². The van der Waals surface area contributed by atoms with Gasteiger partial charge in [0.15, 0.2) is 5.78 Å². The summed E-state index contributed by atoms with van der Waals surface area (Å²) in [6.07, 6.45) is 1.43. The lowest BCUT2D eigenvalue weighted by atomic mass is 9.78. The van der Waals surface area contributed by atoms with Gasteiger partial charge in [0.05, 0.1) is 11.2 Å². The van der Waals surface area contributed by atoms with Gasteiger partial charge in [0, 0.05) is 31.6 Å². The molecule has 2 aliphatic rings. The van der Waals surface area contributed by atoms with E-state index in [-0.39, 0.29) is 18.0 Å². The van der Waals surface area contributed by atoms with Crippen molar-refractivity contribution in [3.8, 4) is 0 Å². The second-order valence-electron chi connectivity index (χ2n) is 7.02. The number of hydrogen-bond donors (Lipinski definition) is 0. The summed E-state index contributed by atoms with van der Waals surface area (Å²) in [7, 11) is 0. The molecular formula is C20H20F2N2O. The van der Waals surface area contributed by atoms with Crippen molar-refractivity contribution in [1.82, 2.24) is 4.90 Å². The molecule has 25 heavy (non-hydrogen) atoms. The molecule has 1 spiro atoms. The Kier molecular flexibility index (Phi) is 4.04. The van der Waals surface area contributed by atoms with Gasteiger partial charge < -0.3 is 0 Å². The van der Waals surface area contributed by atoms with Gasteiger partial charge >= 0.3 is 0 Å². The van der Waals surface area contributed by atoms with Gasteiger partial charge in [0.25, 0.3) is 0 Å². The standard InChI is InChI=1S/C20H20F2N2O/c21-16-7-5-15(6-8-16)14-23-11-9-20(10-12-23)13-19(25)17-3-1-2-4-18(17)24(20)22/h1-8H,9-14H2. The van der Waals surface area contributed by atoms with E-state index in [0.29, 0.717) is 43.7 Å². The number of piperidine rings is 1. The molecule has 2 aliphatic heterocycles. The van der Waals surface area contributed by atoms with E-state index in [1.807, 2.05) is 0 Å². The van der Waals surface area contributed by atoms with Gasteiger partial charge in [-0.25, -0.2) is 9.51 Å². The molecule has 4 rings (SSSR count). The highest BCUT2D eigenvalue weighted by atomic mass is 19.2. The fraction of sp³-hybridized carbons (Fsp3) is 0.350. The number of para-hydroxylation sites is 1. The highest BCUT2D eigenvalue weighted by molar-refractivity contribution is 6.04. The number of carbonyl (C=O) groups is 1. The Bertz CT molecular complexity index is 783. The topological polar surface area (TPSA) is 23.6 Å². The number of ketones is 1. The van der Waals surface area contributed by atoms with Crippen LogP contribution in [0.3, 0.4) is 0 Å². The Morgan fingerprint density at radius 2 is 1.68 bits per heavy atom. The molecule has 2 heterocycles. The lowest BCUT2D eigenvalue weighted by Crippen LogP contribution is -2.55. The number of nitrogens with zero attached hydrogens (tertiary/aromatic N) is 2. The van der Waals surface area contributed by atoms with E-state index in [0.717, 1.165) is 10.7 Å². The van der Waals surface area contributed by atoms with Crippen LogP contribution in [0.1, 0.15) is 35.2 Å². The first-order chi connectivity index (χ1) is 12.1. The third-order valence-corrected chi connectivity index (χ3v) is 5.43. The molecule has 1 saturated heterocycles. The lowest BCUT2D eigenvalue weighted by Gasteiger charge is -2.47. The summed E-state index contributed by atoms with van der Waals surface area (Å²) < 4.78 is 28.1. The fourth-order valence-corrected chi connectivity index (χ4v) is 3.95. The maximum atomic E-state index is 15.1. The molecular weight excluding hydrogens is 322 g/mol. The molecule has 0 saturated carbocycles. The maximum Gasteiger partial charge on any atom is 0.167 e. The predicted octanol–water partition coefficient (Wildman–Crippen LogP) is 4.14. The summed E-state index contributed by atoms with van der Waals surface area (Å²) in [5.74, 6) is -0.217. The number of likely N-dealkylation sites (tertiary alicyclic amines) is 1. The number of fused-ring (bicyclic) bond motifs is 1. The smallest absolute Gasteiger partial charge is 0.167 e. The van der Waals surface area contributed by atoms with Crippen LogP contribution in [-0.2, 0) is 6.54 Å². The number of anilines is 1. The van der Waals surface area contributed by atoms with Crippen LogP contribution in [-0.4, -0.2) is 29.3 Å². The van der Waals surface area contributed by atoms with Crippen molar-refractivity contribution in [3.63, 3.8) is 0 Å². The van der Waals surface area contributed by atoms with Gasteiger partial charge in [0.2, 0.25) is 0 Å². The van der Waals surface area contributed by atoms with E-state index in [4.69, 9.17) is 0 Å². The van der Waals surface area contributed by atoms with E-state index >= 15 is 4.48 Å². The Labute approximate surface area is 145 Å². The van der Waals surface area contributed by atoms with Gasteiger partial charge in [-0.15, -0.1) is 0 Å². The summed E-state index contributed by atoms with van der Waals surface area (Å²) in [5, 5.41) is 0.832. The van der Waals surface area contributed by atoms with E-state index in [9.17, 15) is 9.18 Å². The summed E-state index contributed by atoms with van der Waals surface area (Å²) >= 11 is 0. The van der Waals surface area contributed by atoms with E-state index in [1.165, 1.54) is 12.1 Å². The number of benzene rings is 2. The van der Waals surface area contributed by atoms with E-state index < -0.39 is 5.54 Å². The molecule has 0 atom stereocenters. The van der Waals surface area contributed by atoms with Gasteiger partial charge in [-0.1, -0.05) is 28.7 Å². The molecule has 0 radical (unpaired) electrons. The fourth-order valence-electron chi connectivity index (χ4n) is 3.95. The van der Waals surface area contributed by atoms with Crippen LogP contribution in [0.5, 0.6) is 0 Å². The Balaban J connectivity index is 1.48. The number of halogens is 2. The Hall–Kier alpha value is -2.27. The van der Waals surface area contributed by atoms with E-state index in [2.05, 4.69) is 4.90 Å². The molecule has 130 valence electrons. The first kappa shape index (κ1) is 16.2. The first-order valence-electron chi connectivity index (χ1n) is 8.62. The van der Waals surface area contributed by atoms with E-state index in [1.54, 1.807) is 36.4 Å². The summed E-state index contributed by atoms with van der Waals surface area (Å²) in [6, 6.07) is 13.4. The van der Waals surface area contributed by atoms with Crippen LogP contribution in [0, 0.1) is 5.82 Å². The van der Waals surface area contributed by atoms with Crippen LogP contribution in [0.25, 0.3) is 0 Å². The minimum atomic E-state index is -0.731. The minimum absolute atomic E-state index is 0.0245. The Morgan fingerprint density at radius 1 is 1.00 bits per heavy atom. The molecule has 0 aromatic heterocycles. The third kappa shape index (κ3) is 2.93. The van der Waals surface area contributed by atoms with Crippen LogP contribution in [0.4, 0.5) is 14.6 Å². The highest BCUT2D eigenvalue weighted by Crippen LogP contribution is 2.43. The zero-order valence-electron chi connectivity index (χ0n) is 13.9. The molecule has 0 aliphatic carbocycles. The number of carbonyl (C=O) groups excluding carboxylic acids is 1. The summed E-state index contributed by atoms with van der Waals surface area (Å²) in [4.78, 5) is 14.7. The zero-order chi connectivity index (χ0) is 17.4.